The lowest BCUT2D eigenvalue weighted by molar-refractivity contribution is 0.131. The minimum absolute atomic E-state index is 0.107. The van der Waals surface area contributed by atoms with Crippen LogP contribution in [0.2, 0.25) is 0 Å². The standard InChI is InChI=1S/C11H17N3O/c15-11-3-1-2-10(11)7-12-4-9-5-13-8-14-6-9/h5-6,8,10-12,15H,1-4,7H2. The third kappa shape index (κ3) is 2.97. The van der Waals surface area contributed by atoms with Crippen molar-refractivity contribution in [1.29, 1.82) is 0 Å². The minimum Gasteiger partial charge on any atom is -0.393 e. The Bertz CT molecular complexity index is 291. The number of nitrogens with one attached hydrogen (secondary N) is 1. The summed E-state index contributed by atoms with van der Waals surface area (Å²) >= 11 is 0. The van der Waals surface area contributed by atoms with Gasteiger partial charge >= 0.3 is 0 Å². The van der Waals surface area contributed by atoms with Crippen LogP contribution < -0.4 is 5.32 Å². The van der Waals surface area contributed by atoms with E-state index in [-0.39, 0.29) is 6.10 Å². The third-order valence-corrected chi connectivity index (χ3v) is 2.97. The lowest BCUT2D eigenvalue weighted by atomic mass is 10.1. The summed E-state index contributed by atoms with van der Waals surface area (Å²) in [6.07, 6.45) is 8.30. The van der Waals surface area contributed by atoms with Crippen LogP contribution in [0.5, 0.6) is 0 Å². The average Bonchev–Trinajstić information content (AvgIpc) is 2.66. The molecule has 1 aliphatic carbocycles. The van der Waals surface area contributed by atoms with E-state index < -0.39 is 0 Å². The van der Waals surface area contributed by atoms with Gasteiger partial charge in [-0.3, -0.25) is 0 Å². The average molecular weight is 207 g/mol. The van der Waals surface area contributed by atoms with Crippen LogP contribution in [-0.4, -0.2) is 27.7 Å². The summed E-state index contributed by atoms with van der Waals surface area (Å²) in [6.45, 7) is 1.67. The molecule has 4 heteroatoms. The maximum atomic E-state index is 9.62. The van der Waals surface area contributed by atoms with E-state index in [1.807, 2.05) is 12.4 Å². The van der Waals surface area contributed by atoms with Gasteiger partial charge < -0.3 is 10.4 Å². The molecule has 0 aromatic carbocycles. The molecular formula is C11H17N3O. The van der Waals surface area contributed by atoms with Gasteiger partial charge in [0.25, 0.3) is 0 Å². The zero-order valence-corrected chi connectivity index (χ0v) is 8.76. The van der Waals surface area contributed by atoms with Gasteiger partial charge in [0, 0.05) is 31.0 Å². The fourth-order valence-electron chi connectivity index (χ4n) is 2.08. The van der Waals surface area contributed by atoms with Crippen LogP contribution in [0.25, 0.3) is 0 Å². The van der Waals surface area contributed by atoms with Crippen LogP contribution in [0.15, 0.2) is 18.7 Å². The van der Waals surface area contributed by atoms with Crippen molar-refractivity contribution in [2.75, 3.05) is 6.54 Å². The summed E-state index contributed by atoms with van der Waals surface area (Å²) in [5.74, 6) is 0.426. The highest BCUT2D eigenvalue weighted by Gasteiger charge is 2.24. The van der Waals surface area contributed by atoms with E-state index in [2.05, 4.69) is 15.3 Å². The van der Waals surface area contributed by atoms with Crippen LogP contribution in [0, 0.1) is 5.92 Å². The lowest BCUT2D eigenvalue weighted by Gasteiger charge is -2.14. The monoisotopic (exact) mass is 207 g/mol. The van der Waals surface area contributed by atoms with E-state index in [1.165, 1.54) is 6.33 Å². The maximum absolute atomic E-state index is 9.62. The molecule has 1 aromatic heterocycles. The van der Waals surface area contributed by atoms with Crippen LogP contribution in [0.4, 0.5) is 0 Å². The van der Waals surface area contributed by atoms with Gasteiger partial charge in [-0.15, -0.1) is 0 Å². The zero-order valence-electron chi connectivity index (χ0n) is 8.76. The maximum Gasteiger partial charge on any atom is 0.115 e. The third-order valence-electron chi connectivity index (χ3n) is 2.97. The van der Waals surface area contributed by atoms with Crippen LogP contribution in [0.3, 0.4) is 0 Å². The molecule has 2 rings (SSSR count). The number of aromatic nitrogens is 2. The number of rotatable bonds is 4. The van der Waals surface area contributed by atoms with Gasteiger partial charge in [-0.2, -0.15) is 0 Å². The van der Waals surface area contributed by atoms with Crippen molar-refractivity contribution in [2.24, 2.45) is 5.92 Å². The second-order valence-electron chi connectivity index (χ2n) is 4.14. The molecule has 0 saturated heterocycles. The number of nitrogens with zero attached hydrogens (tertiary/aromatic N) is 2. The van der Waals surface area contributed by atoms with E-state index in [9.17, 15) is 5.11 Å². The minimum atomic E-state index is -0.107. The molecule has 0 radical (unpaired) electrons. The van der Waals surface area contributed by atoms with Gasteiger partial charge in [0.05, 0.1) is 6.10 Å². The Morgan fingerprint density at radius 1 is 1.33 bits per heavy atom. The summed E-state index contributed by atoms with van der Waals surface area (Å²) in [7, 11) is 0. The molecule has 1 aliphatic rings. The Labute approximate surface area is 89.8 Å². The molecular weight excluding hydrogens is 190 g/mol. The smallest absolute Gasteiger partial charge is 0.115 e. The molecule has 0 aliphatic heterocycles. The fraction of sp³-hybridized carbons (Fsp3) is 0.636. The Kier molecular flexibility index (Phi) is 3.64. The highest BCUT2D eigenvalue weighted by molar-refractivity contribution is 5.01. The van der Waals surface area contributed by atoms with Crippen molar-refractivity contribution < 1.29 is 5.11 Å². The van der Waals surface area contributed by atoms with Crippen molar-refractivity contribution in [3.8, 4) is 0 Å². The molecule has 1 aromatic rings. The number of hydrogen-bond acceptors (Lipinski definition) is 4. The van der Waals surface area contributed by atoms with Gasteiger partial charge in [0.1, 0.15) is 6.33 Å². The Morgan fingerprint density at radius 3 is 2.80 bits per heavy atom. The van der Waals surface area contributed by atoms with Gasteiger partial charge in [-0.25, -0.2) is 9.97 Å². The molecule has 0 spiro atoms. The summed E-state index contributed by atoms with van der Waals surface area (Å²) in [5.41, 5.74) is 1.09. The molecule has 82 valence electrons. The van der Waals surface area contributed by atoms with Crippen molar-refractivity contribution in [2.45, 2.75) is 31.9 Å². The fourth-order valence-corrected chi connectivity index (χ4v) is 2.08. The molecule has 2 unspecified atom stereocenters. The SMILES string of the molecule is OC1CCCC1CNCc1cncnc1. The lowest BCUT2D eigenvalue weighted by Crippen LogP contribution is -2.27. The largest absolute Gasteiger partial charge is 0.393 e. The predicted octanol–water partition coefficient (Wildman–Crippen LogP) is 0.727. The summed E-state index contributed by atoms with van der Waals surface area (Å²) in [5, 5.41) is 13.0. The Balaban J connectivity index is 1.71. The van der Waals surface area contributed by atoms with Crippen molar-refractivity contribution in [3.63, 3.8) is 0 Å². The van der Waals surface area contributed by atoms with E-state index in [4.69, 9.17) is 0 Å². The topological polar surface area (TPSA) is 58.0 Å². The number of aliphatic hydroxyl groups excluding tert-OH is 1. The number of hydrogen-bond donors (Lipinski definition) is 2. The highest BCUT2D eigenvalue weighted by Crippen LogP contribution is 2.24. The molecule has 0 amide bonds. The first-order valence-corrected chi connectivity index (χ1v) is 5.49. The van der Waals surface area contributed by atoms with Crippen LogP contribution in [0.1, 0.15) is 24.8 Å². The normalized spacial score (nSPS) is 25.7. The van der Waals surface area contributed by atoms with Crippen molar-refractivity contribution in [1.82, 2.24) is 15.3 Å². The quantitative estimate of drug-likeness (QED) is 0.764. The molecule has 2 N–H and O–H groups in total. The second kappa shape index (κ2) is 5.19. The van der Waals surface area contributed by atoms with Gasteiger partial charge in [-0.05, 0) is 18.8 Å². The summed E-state index contributed by atoms with van der Waals surface area (Å²) in [4.78, 5) is 7.90. The molecule has 0 bridgehead atoms. The van der Waals surface area contributed by atoms with Crippen LogP contribution >= 0.6 is 0 Å². The zero-order chi connectivity index (χ0) is 10.5. The molecule has 1 saturated carbocycles. The molecule has 15 heavy (non-hydrogen) atoms. The molecule has 1 fully saturated rings. The van der Waals surface area contributed by atoms with Gasteiger partial charge in [-0.1, -0.05) is 6.42 Å². The first-order valence-electron chi connectivity index (χ1n) is 5.49. The predicted molar refractivity (Wildman–Crippen MR) is 57.1 cm³/mol. The molecule has 4 nitrogen and oxygen atoms in total. The first kappa shape index (κ1) is 10.5. The number of aliphatic hydroxyl groups is 1. The van der Waals surface area contributed by atoms with Gasteiger partial charge in [0.2, 0.25) is 0 Å². The first-order chi connectivity index (χ1) is 7.36. The Morgan fingerprint density at radius 2 is 2.13 bits per heavy atom. The van der Waals surface area contributed by atoms with Crippen LogP contribution in [-0.2, 0) is 6.54 Å². The highest BCUT2D eigenvalue weighted by atomic mass is 16.3. The van der Waals surface area contributed by atoms with E-state index >= 15 is 0 Å². The Hall–Kier alpha value is -1.00. The van der Waals surface area contributed by atoms with Crippen molar-refractivity contribution in [3.05, 3.63) is 24.3 Å². The van der Waals surface area contributed by atoms with E-state index in [1.54, 1.807) is 0 Å². The molecule has 1 heterocycles. The second-order valence-corrected chi connectivity index (χ2v) is 4.14. The van der Waals surface area contributed by atoms with Crippen molar-refractivity contribution >= 4 is 0 Å². The van der Waals surface area contributed by atoms with Gasteiger partial charge in [0.15, 0.2) is 0 Å². The summed E-state index contributed by atoms with van der Waals surface area (Å²) in [6, 6.07) is 0. The van der Waals surface area contributed by atoms with E-state index in [0.717, 1.165) is 37.9 Å². The summed E-state index contributed by atoms with van der Waals surface area (Å²) < 4.78 is 0. The van der Waals surface area contributed by atoms with E-state index in [0.29, 0.717) is 5.92 Å². The molecule has 2 atom stereocenters.